The Kier molecular flexibility index (Phi) is 4.64. The summed E-state index contributed by atoms with van der Waals surface area (Å²) >= 11 is 0. The molecule has 1 rings (SSSR count). The molecule has 0 saturated heterocycles. The van der Waals surface area contributed by atoms with Crippen molar-refractivity contribution in [1.82, 2.24) is 10.6 Å². The van der Waals surface area contributed by atoms with Crippen molar-refractivity contribution in [2.45, 2.75) is 6.54 Å². The minimum absolute atomic E-state index is 0.677. The Bertz CT molecular complexity index is 236. The van der Waals surface area contributed by atoms with Crippen LogP contribution in [0.2, 0.25) is 0 Å². The SMILES string of the molecule is O=CNCCNCc1ccccc1. The monoisotopic (exact) mass is 178 g/mol. The standard InChI is InChI=1S/C10H14N2O/c13-9-12-7-6-11-8-10-4-2-1-3-5-10/h1-5,9,11H,6-8H2,(H,12,13). The summed E-state index contributed by atoms with van der Waals surface area (Å²) in [5.74, 6) is 0. The first-order chi connectivity index (χ1) is 6.43. The summed E-state index contributed by atoms with van der Waals surface area (Å²) in [7, 11) is 0. The van der Waals surface area contributed by atoms with E-state index in [2.05, 4.69) is 22.8 Å². The molecule has 1 amide bonds. The molecule has 13 heavy (non-hydrogen) atoms. The lowest BCUT2D eigenvalue weighted by Gasteiger charge is -2.03. The van der Waals surface area contributed by atoms with Crippen LogP contribution in [0.5, 0.6) is 0 Å². The summed E-state index contributed by atoms with van der Waals surface area (Å²) in [6.45, 7) is 2.32. The van der Waals surface area contributed by atoms with Crippen molar-refractivity contribution in [3.05, 3.63) is 35.9 Å². The minimum atomic E-state index is 0.677. The molecule has 0 radical (unpaired) electrons. The lowest BCUT2D eigenvalue weighted by atomic mass is 10.2. The number of amides is 1. The molecule has 0 atom stereocenters. The Morgan fingerprint density at radius 3 is 2.62 bits per heavy atom. The fraction of sp³-hybridized carbons (Fsp3) is 0.300. The first kappa shape index (κ1) is 9.74. The Labute approximate surface area is 78.2 Å². The summed E-state index contributed by atoms with van der Waals surface area (Å²) < 4.78 is 0. The Morgan fingerprint density at radius 2 is 1.92 bits per heavy atom. The minimum Gasteiger partial charge on any atom is -0.357 e. The summed E-state index contributed by atoms with van der Waals surface area (Å²) in [5, 5.41) is 5.81. The Morgan fingerprint density at radius 1 is 1.15 bits per heavy atom. The maximum absolute atomic E-state index is 9.90. The predicted octanol–water partition coefficient (Wildman–Crippen LogP) is 0.522. The number of carbonyl (C=O) groups excluding carboxylic acids is 1. The van der Waals surface area contributed by atoms with E-state index in [1.807, 2.05) is 18.2 Å². The largest absolute Gasteiger partial charge is 0.357 e. The maximum atomic E-state index is 9.90. The molecule has 0 bridgehead atoms. The molecule has 0 unspecified atom stereocenters. The van der Waals surface area contributed by atoms with Crippen molar-refractivity contribution >= 4 is 6.41 Å². The van der Waals surface area contributed by atoms with Gasteiger partial charge in [-0.2, -0.15) is 0 Å². The lowest BCUT2D eigenvalue weighted by Crippen LogP contribution is -2.25. The number of carbonyl (C=O) groups is 1. The first-order valence-electron chi connectivity index (χ1n) is 4.35. The summed E-state index contributed by atoms with van der Waals surface area (Å²) in [4.78, 5) is 9.90. The second kappa shape index (κ2) is 6.20. The second-order valence-corrected chi connectivity index (χ2v) is 2.73. The van der Waals surface area contributed by atoms with Gasteiger partial charge in [0.05, 0.1) is 0 Å². The molecule has 0 heterocycles. The van der Waals surface area contributed by atoms with E-state index in [1.54, 1.807) is 0 Å². The van der Waals surface area contributed by atoms with E-state index in [0.717, 1.165) is 13.1 Å². The van der Waals surface area contributed by atoms with Crippen LogP contribution in [0.25, 0.3) is 0 Å². The van der Waals surface area contributed by atoms with Gasteiger partial charge in [-0.3, -0.25) is 4.79 Å². The van der Waals surface area contributed by atoms with Gasteiger partial charge < -0.3 is 10.6 Å². The quantitative estimate of drug-likeness (QED) is 0.492. The van der Waals surface area contributed by atoms with Gasteiger partial charge >= 0.3 is 0 Å². The van der Waals surface area contributed by atoms with Gasteiger partial charge in [-0.25, -0.2) is 0 Å². The molecule has 2 N–H and O–H groups in total. The first-order valence-corrected chi connectivity index (χ1v) is 4.35. The number of nitrogens with one attached hydrogen (secondary N) is 2. The molecule has 0 fully saturated rings. The molecule has 3 nitrogen and oxygen atoms in total. The fourth-order valence-electron chi connectivity index (χ4n) is 1.05. The van der Waals surface area contributed by atoms with Crippen LogP contribution in [0, 0.1) is 0 Å². The van der Waals surface area contributed by atoms with Crippen LogP contribution >= 0.6 is 0 Å². The van der Waals surface area contributed by atoms with E-state index in [-0.39, 0.29) is 0 Å². The van der Waals surface area contributed by atoms with Crippen molar-refractivity contribution in [2.75, 3.05) is 13.1 Å². The normalized spacial score (nSPS) is 9.54. The molecule has 70 valence electrons. The van der Waals surface area contributed by atoms with Gasteiger partial charge in [0.1, 0.15) is 0 Å². The van der Waals surface area contributed by atoms with Crippen LogP contribution in [0.4, 0.5) is 0 Å². The van der Waals surface area contributed by atoms with E-state index >= 15 is 0 Å². The van der Waals surface area contributed by atoms with E-state index in [1.165, 1.54) is 5.56 Å². The fourth-order valence-corrected chi connectivity index (χ4v) is 1.05. The molecule has 3 heteroatoms. The van der Waals surface area contributed by atoms with E-state index in [9.17, 15) is 4.79 Å². The van der Waals surface area contributed by atoms with Gasteiger partial charge in [0.25, 0.3) is 0 Å². The third-order valence-corrected chi connectivity index (χ3v) is 1.70. The van der Waals surface area contributed by atoms with Crippen LogP contribution < -0.4 is 10.6 Å². The lowest BCUT2D eigenvalue weighted by molar-refractivity contribution is -0.109. The van der Waals surface area contributed by atoms with Crippen molar-refractivity contribution in [2.24, 2.45) is 0 Å². The molecule has 0 spiro atoms. The summed E-state index contributed by atoms with van der Waals surface area (Å²) in [6.07, 6.45) is 0.712. The second-order valence-electron chi connectivity index (χ2n) is 2.73. The van der Waals surface area contributed by atoms with Crippen molar-refractivity contribution in [3.63, 3.8) is 0 Å². The average Bonchev–Trinajstić information content (AvgIpc) is 2.19. The average molecular weight is 178 g/mol. The highest BCUT2D eigenvalue weighted by Crippen LogP contribution is 1.96. The van der Waals surface area contributed by atoms with Crippen LogP contribution in [0.15, 0.2) is 30.3 Å². The van der Waals surface area contributed by atoms with Crippen LogP contribution in [-0.4, -0.2) is 19.5 Å². The predicted molar refractivity (Wildman–Crippen MR) is 52.2 cm³/mol. The van der Waals surface area contributed by atoms with Crippen molar-refractivity contribution in [3.8, 4) is 0 Å². The third kappa shape index (κ3) is 4.28. The van der Waals surface area contributed by atoms with Crippen molar-refractivity contribution in [1.29, 1.82) is 0 Å². The topological polar surface area (TPSA) is 41.1 Å². The maximum Gasteiger partial charge on any atom is 0.207 e. The molecular formula is C10H14N2O. The van der Waals surface area contributed by atoms with Gasteiger partial charge in [-0.15, -0.1) is 0 Å². The number of rotatable bonds is 6. The molecular weight excluding hydrogens is 164 g/mol. The van der Waals surface area contributed by atoms with Gasteiger partial charge in [0.15, 0.2) is 0 Å². The highest BCUT2D eigenvalue weighted by atomic mass is 16.1. The van der Waals surface area contributed by atoms with E-state index in [0.29, 0.717) is 13.0 Å². The van der Waals surface area contributed by atoms with Gasteiger partial charge in [-0.05, 0) is 5.56 Å². The number of hydrogen-bond acceptors (Lipinski definition) is 2. The molecule has 1 aromatic carbocycles. The van der Waals surface area contributed by atoms with Gasteiger partial charge in [0.2, 0.25) is 6.41 Å². The van der Waals surface area contributed by atoms with E-state index in [4.69, 9.17) is 0 Å². The Balaban J connectivity index is 2.10. The molecule has 0 aliphatic carbocycles. The molecule has 0 aliphatic heterocycles. The third-order valence-electron chi connectivity index (χ3n) is 1.70. The van der Waals surface area contributed by atoms with Crippen LogP contribution in [-0.2, 0) is 11.3 Å². The number of benzene rings is 1. The molecule has 0 aromatic heterocycles. The number of hydrogen-bond donors (Lipinski definition) is 2. The highest BCUT2D eigenvalue weighted by Gasteiger charge is 1.89. The van der Waals surface area contributed by atoms with E-state index < -0.39 is 0 Å². The Hall–Kier alpha value is -1.35. The van der Waals surface area contributed by atoms with Crippen LogP contribution in [0.1, 0.15) is 5.56 Å². The highest BCUT2D eigenvalue weighted by molar-refractivity contribution is 5.45. The smallest absolute Gasteiger partial charge is 0.207 e. The zero-order valence-corrected chi connectivity index (χ0v) is 7.49. The summed E-state index contributed by atoms with van der Waals surface area (Å²) in [5.41, 5.74) is 1.26. The molecule has 1 aromatic rings. The van der Waals surface area contributed by atoms with Gasteiger partial charge in [-0.1, -0.05) is 30.3 Å². The zero-order chi connectivity index (χ0) is 9.36. The molecule has 0 saturated carbocycles. The summed E-state index contributed by atoms with van der Waals surface area (Å²) in [6, 6.07) is 10.2. The zero-order valence-electron chi connectivity index (χ0n) is 7.49. The van der Waals surface area contributed by atoms with Crippen molar-refractivity contribution < 1.29 is 4.79 Å². The molecule has 0 aliphatic rings. The van der Waals surface area contributed by atoms with Crippen LogP contribution in [0.3, 0.4) is 0 Å². The van der Waals surface area contributed by atoms with Gasteiger partial charge in [0, 0.05) is 19.6 Å².